The summed E-state index contributed by atoms with van der Waals surface area (Å²) in [5.41, 5.74) is 4.28. The maximum Gasteiger partial charge on any atom is 0.299 e. The summed E-state index contributed by atoms with van der Waals surface area (Å²) in [5, 5.41) is 14.4. The zero-order chi connectivity index (χ0) is 22.1. The van der Waals surface area contributed by atoms with E-state index in [2.05, 4.69) is 37.5 Å². The number of tetrazole rings is 1. The third kappa shape index (κ3) is 3.58. The Morgan fingerprint density at radius 2 is 1.81 bits per heavy atom. The summed E-state index contributed by atoms with van der Waals surface area (Å²) in [7, 11) is 0. The molecule has 0 atom stereocenters. The lowest BCUT2D eigenvalue weighted by Crippen LogP contribution is -2.25. The Labute approximate surface area is 183 Å². The van der Waals surface area contributed by atoms with Gasteiger partial charge < -0.3 is 4.42 Å². The van der Waals surface area contributed by atoms with Crippen LogP contribution in [0.4, 0.5) is 0 Å². The maximum atomic E-state index is 13.1. The Kier molecular flexibility index (Phi) is 5.06. The van der Waals surface area contributed by atoms with Crippen molar-refractivity contribution in [3.8, 4) is 22.5 Å². The number of aromatic amines is 1. The zero-order valence-electron chi connectivity index (χ0n) is 17.7. The van der Waals surface area contributed by atoms with Gasteiger partial charge in [0.2, 0.25) is 17.1 Å². The molecule has 0 amide bonds. The number of fused-ring (bicyclic) bond motifs is 1. The highest BCUT2D eigenvalue weighted by atomic mass is 16.4. The van der Waals surface area contributed by atoms with E-state index < -0.39 is 0 Å². The normalized spacial score (nSPS) is 11.3. The van der Waals surface area contributed by atoms with Gasteiger partial charge in [-0.1, -0.05) is 55.5 Å². The lowest BCUT2D eigenvalue weighted by molar-refractivity contribution is 0.548. The van der Waals surface area contributed by atoms with Crippen LogP contribution in [0.15, 0.2) is 57.7 Å². The molecule has 1 N–H and O–H groups in total. The molecular weight excluding hydrogens is 406 g/mol. The number of benzene rings is 2. The predicted molar refractivity (Wildman–Crippen MR) is 119 cm³/mol. The molecule has 3 heterocycles. The van der Waals surface area contributed by atoms with Gasteiger partial charge in [-0.3, -0.25) is 9.36 Å². The van der Waals surface area contributed by atoms with Crippen molar-refractivity contribution >= 4 is 11.2 Å². The van der Waals surface area contributed by atoms with E-state index in [1.807, 2.05) is 48.5 Å². The molecule has 160 valence electrons. The van der Waals surface area contributed by atoms with Gasteiger partial charge in [0.05, 0.1) is 6.54 Å². The molecule has 0 saturated carbocycles. The van der Waals surface area contributed by atoms with Gasteiger partial charge in [-0.15, -0.1) is 10.2 Å². The highest BCUT2D eigenvalue weighted by molar-refractivity contribution is 5.80. The average molecular weight is 427 g/mol. The third-order valence-corrected chi connectivity index (χ3v) is 5.29. The van der Waals surface area contributed by atoms with Crippen LogP contribution in [0, 0.1) is 6.92 Å². The molecule has 5 rings (SSSR count). The van der Waals surface area contributed by atoms with Crippen molar-refractivity contribution in [1.82, 2.24) is 35.2 Å². The van der Waals surface area contributed by atoms with E-state index in [-0.39, 0.29) is 11.1 Å². The average Bonchev–Trinajstić information content (AvgIpc) is 3.47. The number of hydrogen-bond acceptors (Lipinski definition) is 7. The highest BCUT2D eigenvalue weighted by Gasteiger charge is 2.16. The molecule has 9 heteroatoms. The van der Waals surface area contributed by atoms with Crippen molar-refractivity contribution in [1.29, 1.82) is 0 Å². The quantitative estimate of drug-likeness (QED) is 0.441. The molecule has 2 aromatic carbocycles. The molecule has 32 heavy (non-hydrogen) atoms. The van der Waals surface area contributed by atoms with Gasteiger partial charge in [-0.25, -0.2) is 4.98 Å². The van der Waals surface area contributed by atoms with E-state index in [0.717, 1.165) is 28.7 Å². The molecule has 0 fully saturated rings. The summed E-state index contributed by atoms with van der Waals surface area (Å²) in [6, 6.07) is 16.0. The van der Waals surface area contributed by atoms with Gasteiger partial charge in [0, 0.05) is 18.9 Å². The topological polar surface area (TPSA) is 115 Å². The predicted octanol–water partition coefficient (Wildman–Crippen LogP) is 3.54. The van der Waals surface area contributed by atoms with Gasteiger partial charge >= 0.3 is 0 Å². The molecule has 0 bridgehead atoms. The summed E-state index contributed by atoms with van der Waals surface area (Å²) in [6.45, 7) is 4.18. The van der Waals surface area contributed by atoms with Crippen molar-refractivity contribution in [2.75, 3.05) is 0 Å². The van der Waals surface area contributed by atoms with Crippen LogP contribution in [0.25, 0.3) is 33.7 Å². The van der Waals surface area contributed by atoms with E-state index in [0.29, 0.717) is 36.2 Å². The van der Waals surface area contributed by atoms with E-state index >= 15 is 0 Å². The van der Waals surface area contributed by atoms with E-state index in [4.69, 9.17) is 4.42 Å². The molecule has 0 aliphatic carbocycles. The van der Waals surface area contributed by atoms with Crippen molar-refractivity contribution in [2.45, 2.75) is 33.2 Å². The first-order chi connectivity index (χ1) is 15.6. The zero-order valence-corrected chi connectivity index (χ0v) is 17.7. The number of rotatable bonds is 6. The number of nitrogens with zero attached hydrogens (tertiary/aromatic N) is 6. The minimum atomic E-state index is -0.203. The fourth-order valence-corrected chi connectivity index (χ4v) is 3.81. The van der Waals surface area contributed by atoms with Crippen LogP contribution in [-0.2, 0) is 13.0 Å². The molecular formula is C23H21N7O2. The number of hydrogen-bond donors (Lipinski definition) is 1. The van der Waals surface area contributed by atoms with Crippen LogP contribution in [0.2, 0.25) is 0 Å². The number of aromatic nitrogens is 7. The lowest BCUT2D eigenvalue weighted by Gasteiger charge is -2.12. The second-order valence-corrected chi connectivity index (χ2v) is 7.53. The standard InChI is InChI=1S/C23H21N7O2/c1-3-6-19-25-22-20(32-14(2)24-22)23(31)30(19)13-15-9-11-16(12-10-15)17-7-4-5-8-18(17)21-26-28-29-27-21/h4-5,7-12H,3,6,13H2,1-2H3,(H,26,27,28,29). The lowest BCUT2D eigenvalue weighted by atomic mass is 9.98. The minimum absolute atomic E-state index is 0.202. The fraction of sp³-hybridized carbons (Fsp3) is 0.217. The number of aryl methyl sites for hydroxylation is 2. The molecule has 3 aromatic heterocycles. The number of oxazole rings is 1. The first kappa shape index (κ1) is 19.8. The summed E-state index contributed by atoms with van der Waals surface area (Å²) >= 11 is 0. The van der Waals surface area contributed by atoms with Crippen molar-refractivity contribution in [3.05, 3.63) is 76.2 Å². The Hall–Kier alpha value is -4.14. The van der Waals surface area contributed by atoms with Crippen molar-refractivity contribution in [3.63, 3.8) is 0 Å². The highest BCUT2D eigenvalue weighted by Crippen LogP contribution is 2.29. The van der Waals surface area contributed by atoms with Crippen LogP contribution in [0.3, 0.4) is 0 Å². The first-order valence-corrected chi connectivity index (χ1v) is 10.4. The number of nitrogens with one attached hydrogen (secondary N) is 1. The molecule has 5 aromatic rings. The molecule has 0 unspecified atom stereocenters. The Balaban J connectivity index is 1.50. The molecule has 0 saturated heterocycles. The smallest absolute Gasteiger partial charge is 0.299 e. The second kappa shape index (κ2) is 8.18. The van der Waals surface area contributed by atoms with E-state index in [1.54, 1.807) is 11.5 Å². The fourth-order valence-electron chi connectivity index (χ4n) is 3.81. The monoisotopic (exact) mass is 427 g/mol. The minimum Gasteiger partial charge on any atom is -0.433 e. The largest absolute Gasteiger partial charge is 0.433 e. The van der Waals surface area contributed by atoms with Gasteiger partial charge in [-0.05, 0) is 28.3 Å². The Morgan fingerprint density at radius 1 is 1.03 bits per heavy atom. The first-order valence-electron chi connectivity index (χ1n) is 10.4. The van der Waals surface area contributed by atoms with Crippen LogP contribution in [-0.4, -0.2) is 35.2 Å². The van der Waals surface area contributed by atoms with Crippen LogP contribution >= 0.6 is 0 Å². The van der Waals surface area contributed by atoms with Gasteiger partial charge in [0.25, 0.3) is 5.56 Å². The molecule has 0 aliphatic heterocycles. The van der Waals surface area contributed by atoms with Crippen LogP contribution in [0.1, 0.15) is 30.6 Å². The van der Waals surface area contributed by atoms with Crippen molar-refractivity contribution in [2.24, 2.45) is 0 Å². The summed E-state index contributed by atoms with van der Waals surface area (Å²) in [5.74, 6) is 1.70. The number of H-pyrrole nitrogens is 1. The molecule has 9 nitrogen and oxygen atoms in total. The van der Waals surface area contributed by atoms with Crippen LogP contribution in [0.5, 0.6) is 0 Å². The maximum absolute atomic E-state index is 13.1. The van der Waals surface area contributed by atoms with Gasteiger partial charge in [0.1, 0.15) is 5.82 Å². The summed E-state index contributed by atoms with van der Waals surface area (Å²) in [6.07, 6.45) is 1.56. The SMILES string of the molecule is CCCc1nc2nc(C)oc2c(=O)n1Cc1ccc(-c2ccccc2-c2nn[nH]n2)cc1. The van der Waals surface area contributed by atoms with Gasteiger partial charge in [0.15, 0.2) is 5.89 Å². The van der Waals surface area contributed by atoms with E-state index in [9.17, 15) is 4.79 Å². The molecule has 0 spiro atoms. The summed E-state index contributed by atoms with van der Waals surface area (Å²) in [4.78, 5) is 21.9. The molecule has 0 radical (unpaired) electrons. The third-order valence-electron chi connectivity index (χ3n) is 5.29. The Bertz CT molecular complexity index is 1430. The van der Waals surface area contributed by atoms with Crippen molar-refractivity contribution < 1.29 is 4.42 Å². The van der Waals surface area contributed by atoms with Crippen LogP contribution < -0.4 is 5.56 Å². The summed E-state index contributed by atoms with van der Waals surface area (Å²) < 4.78 is 7.19. The Morgan fingerprint density at radius 3 is 2.53 bits per heavy atom. The second-order valence-electron chi connectivity index (χ2n) is 7.53. The van der Waals surface area contributed by atoms with Gasteiger partial charge in [-0.2, -0.15) is 10.2 Å². The molecule has 0 aliphatic rings. The van der Waals surface area contributed by atoms with E-state index in [1.165, 1.54) is 0 Å².